The highest BCUT2D eigenvalue weighted by atomic mass is 35.5. The zero-order valence-corrected chi connectivity index (χ0v) is 13.7. The van der Waals surface area contributed by atoms with Crippen molar-refractivity contribution in [2.24, 2.45) is 7.05 Å². The van der Waals surface area contributed by atoms with Crippen molar-refractivity contribution in [3.05, 3.63) is 53.6 Å². The summed E-state index contributed by atoms with van der Waals surface area (Å²) >= 11 is 0. The van der Waals surface area contributed by atoms with E-state index >= 15 is 0 Å². The molecule has 1 N–H and O–H groups in total. The number of benzene rings is 2. The Morgan fingerprint density at radius 1 is 1.04 bits per heavy atom. The Kier molecular flexibility index (Phi) is 3.85. The van der Waals surface area contributed by atoms with E-state index in [1.165, 1.54) is 6.07 Å². The number of nitrogens with one attached hydrogen (secondary N) is 1. The highest BCUT2D eigenvalue weighted by Gasteiger charge is 2.31. The SMILES string of the molecule is C[n+]1c2ccc(C(F)(F)F)cc2cc2c3cc(C#N)ccc3[nH]c21.[Cl-]. The number of rotatable bonds is 0. The molecule has 0 amide bonds. The third-order valence-electron chi connectivity index (χ3n) is 4.30. The van der Waals surface area contributed by atoms with Gasteiger partial charge in [0.1, 0.15) is 11.0 Å². The first kappa shape index (κ1) is 17.1. The van der Waals surface area contributed by atoms with E-state index in [1.54, 1.807) is 31.3 Å². The average Bonchev–Trinajstić information content (AvgIpc) is 2.92. The molecule has 7 heteroatoms. The van der Waals surface area contributed by atoms with Gasteiger partial charge in [-0.2, -0.15) is 18.4 Å². The minimum atomic E-state index is -4.38. The summed E-state index contributed by atoms with van der Waals surface area (Å²) in [7, 11) is 1.80. The Morgan fingerprint density at radius 2 is 1.80 bits per heavy atom. The van der Waals surface area contributed by atoms with Gasteiger partial charge in [-0.15, -0.1) is 0 Å². The predicted molar refractivity (Wildman–Crippen MR) is 84.2 cm³/mol. The molecule has 2 aromatic heterocycles. The first-order valence-electron chi connectivity index (χ1n) is 7.24. The molecule has 0 bridgehead atoms. The first-order chi connectivity index (χ1) is 11.4. The van der Waals surface area contributed by atoms with E-state index in [9.17, 15) is 13.2 Å². The number of H-pyrrole nitrogens is 1. The fraction of sp³-hybridized carbons (Fsp3) is 0.111. The molecule has 0 spiro atoms. The summed E-state index contributed by atoms with van der Waals surface area (Å²) in [5.74, 6) is 0. The number of nitrogens with zero attached hydrogens (tertiary/aromatic N) is 2. The van der Waals surface area contributed by atoms with Crippen molar-refractivity contribution < 1.29 is 30.1 Å². The zero-order valence-electron chi connectivity index (χ0n) is 12.9. The van der Waals surface area contributed by atoms with Crippen LogP contribution < -0.4 is 17.0 Å². The molecule has 2 heterocycles. The van der Waals surface area contributed by atoms with Crippen molar-refractivity contribution in [1.82, 2.24) is 4.98 Å². The summed E-state index contributed by atoms with van der Waals surface area (Å²) in [6.45, 7) is 0. The van der Waals surface area contributed by atoms with Gasteiger partial charge >= 0.3 is 6.18 Å². The van der Waals surface area contributed by atoms with Gasteiger partial charge in [0.2, 0.25) is 0 Å². The van der Waals surface area contributed by atoms with E-state index in [-0.39, 0.29) is 12.4 Å². The van der Waals surface area contributed by atoms with Gasteiger partial charge in [-0.1, -0.05) is 0 Å². The molecular formula is C18H11ClF3N3. The monoisotopic (exact) mass is 361 g/mol. The van der Waals surface area contributed by atoms with Crippen LogP contribution in [0.1, 0.15) is 11.1 Å². The number of hydrogen-bond donors (Lipinski definition) is 1. The lowest BCUT2D eigenvalue weighted by Crippen LogP contribution is -3.00. The highest BCUT2D eigenvalue weighted by Crippen LogP contribution is 2.32. The number of aromatic amines is 1. The molecule has 126 valence electrons. The van der Waals surface area contributed by atoms with Gasteiger partial charge in [-0.3, -0.25) is 0 Å². The molecule has 0 unspecified atom stereocenters. The Morgan fingerprint density at radius 3 is 2.48 bits per heavy atom. The van der Waals surface area contributed by atoms with Crippen LogP contribution in [0.4, 0.5) is 13.2 Å². The number of aromatic nitrogens is 2. The smallest absolute Gasteiger partial charge is 0.416 e. The molecule has 2 aromatic carbocycles. The van der Waals surface area contributed by atoms with Crippen molar-refractivity contribution in [3.8, 4) is 6.07 Å². The van der Waals surface area contributed by atoms with E-state index in [1.807, 2.05) is 4.57 Å². The first-order valence-corrected chi connectivity index (χ1v) is 7.24. The second-order valence-electron chi connectivity index (χ2n) is 5.73. The summed E-state index contributed by atoms with van der Waals surface area (Å²) in [6, 6.07) is 12.8. The van der Waals surface area contributed by atoms with Crippen LogP contribution >= 0.6 is 0 Å². The zero-order chi connectivity index (χ0) is 17.1. The van der Waals surface area contributed by atoms with Crippen molar-refractivity contribution in [1.29, 1.82) is 5.26 Å². The van der Waals surface area contributed by atoms with Crippen molar-refractivity contribution in [2.45, 2.75) is 6.18 Å². The normalized spacial score (nSPS) is 11.6. The minimum absolute atomic E-state index is 0. The van der Waals surface area contributed by atoms with Gasteiger partial charge in [0.25, 0.3) is 5.65 Å². The standard InChI is InChI=1S/C18H10F3N3.ClH/c1-24-16-5-3-12(18(19,20)21)7-11(16)8-14-13-6-10(9-22)2-4-15(13)23-17(14)24;/h2-8H,1H3;1H. The maximum atomic E-state index is 13.0. The van der Waals surface area contributed by atoms with Gasteiger partial charge in [0.05, 0.1) is 29.6 Å². The fourth-order valence-electron chi connectivity index (χ4n) is 3.11. The van der Waals surface area contributed by atoms with Crippen LogP contribution in [-0.2, 0) is 13.2 Å². The van der Waals surface area contributed by atoms with E-state index < -0.39 is 11.7 Å². The van der Waals surface area contributed by atoms with E-state index in [0.717, 1.165) is 34.1 Å². The van der Waals surface area contributed by atoms with E-state index in [0.29, 0.717) is 16.5 Å². The quantitative estimate of drug-likeness (QED) is 0.470. The Bertz CT molecular complexity index is 1170. The molecule has 4 rings (SSSR count). The van der Waals surface area contributed by atoms with Gasteiger partial charge in [0, 0.05) is 10.8 Å². The second kappa shape index (κ2) is 5.64. The summed E-state index contributed by atoms with van der Waals surface area (Å²) in [4.78, 5) is 3.27. The van der Waals surface area contributed by atoms with Crippen LogP contribution in [0.15, 0.2) is 42.5 Å². The van der Waals surface area contributed by atoms with Crippen LogP contribution in [0.3, 0.4) is 0 Å². The topological polar surface area (TPSA) is 43.5 Å². The Balaban J connectivity index is 0.00000182. The summed E-state index contributed by atoms with van der Waals surface area (Å²) in [6.07, 6.45) is -4.38. The molecule has 0 saturated heterocycles. The van der Waals surface area contributed by atoms with Gasteiger partial charge in [-0.25, -0.2) is 9.55 Å². The molecule has 0 saturated carbocycles. The van der Waals surface area contributed by atoms with Gasteiger partial charge in [0.15, 0.2) is 0 Å². The van der Waals surface area contributed by atoms with Crippen molar-refractivity contribution in [3.63, 3.8) is 0 Å². The van der Waals surface area contributed by atoms with Crippen molar-refractivity contribution in [2.75, 3.05) is 0 Å². The second-order valence-corrected chi connectivity index (χ2v) is 5.73. The Hall–Kier alpha value is -2.78. The fourth-order valence-corrected chi connectivity index (χ4v) is 3.11. The lowest BCUT2D eigenvalue weighted by atomic mass is 10.1. The number of aryl methyl sites for hydroxylation is 1. The average molecular weight is 362 g/mol. The molecule has 4 aromatic rings. The lowest BCUT2D eigenvalue weighted by molar-refractivity contribution is -0.619. The van der Waals surface area contributed by atoms with E-state index in [2.05, 4.69) is 11.1 Å². The maximum Gasteiger partial charge on any atom is 0.416 e. The Labute approximate surface area is 146 Å². The predicted octanol–water partition coefficient (Wildman–Crippen LogP) is 1.19. The lowest BCUT2D eigenvalue weighted by Gasteiger charge is -2.08. The van der Waals surface area contributed by atoms with Crippen LogP contribution in [-0.4, -0.2) is 4.98 Å². The molecule has 0 radical (unpaired) electrons. The molecule has 3 nitrogen and oxygen atoms in total. The third kappa shape index (κ3) is 2.57. The third-order valence-corrected chi connectivity index (χ3v) is 4.30. The number of halogens is 4. The molecule has 0 atom stereocenters. The van der Waals surface area contributed by atoms with Crippen molar-refractivity contribution >= 4 is 32.8 Å². The maximum absolute atomic E-state index is 13.0. The summed E-state index contributed by atoms with van der Waals surface area (Å²) in [5.41, 5.74) is 2.17. The molecule has 0 fully saturated rings. The minimum Gasteiger partial charge on any atom is -1.00 e. The van der Waals surface area contributed by atoms with Crippen LogP contribution in [0, 0.1) is 11.3 Å². The number of hydrogen-bond acceptors (Lipinski definition) is 1. The molecule has 25 heavy (non-hydrogen) atoms. The van der Waals surface area contributed by atoms with E-state index in [4.69, 9.17) is 5.26 Å². The van der Waals surface area contributed by atoms with Gasteiger partial charge in [-0.05, 0) is 42.5 Å². The van der Waals surface area contributed by atoms with Gasteiger partial charge < -0.3 is 12.4 Å². The molecule has 0 aliphatic heterocycles. The number of nitriles is 1. The molecular weight excluding hydrogens is 351 g/mol. The highest BCUT2D eigenvalue weighted by molar-refractivity contribution is 6.08. The van der Waals surface area contributed by atoms with Crippen LogP contribution in [0.25, 0.3) is 32.8 Å². The van der Waals surface area contributed by atoms with Crippen LogP contribution in [0.2, 0.25) is 0 Å². The molecule has 0 aliphatic carbocycles. The summed E-state index contributed by atoms with van der Waals surface area (Å²) < 4.78 is 40.7. The summed E-state index contributed by atoms with van der Waals surface area (Å²) in [5, 5.41) is 11.2. The number of alkyl halides is 3. The number of fused-ring (bicyclic) bond motifs is 4. The largest absolute Gasteiger partial charge is 1.00 e. The van der Waals surface area contributed by atoms with Crippen LogP contribution in [0.5, 0.6) is 0 Å². The number of pyridine rings is 1. The molecule has 0 aliphatic rings.